The molecule has 28 heavy (non-hydrogen) atoms. The molecule has 0 aliphatic carbocycles. The molecule has 0 saturated carbocycles. The number of ether oxygens (including phenoxy) is 2. The van der Waals surface area contributed by atoms with Gasteiger partial charge < -0.3 is 9.47 Å². The number of benzene rings is 2. The zero-order chi connectivity index (χ0) is 20.1. The summed E-state index contributed by atoms with van der Waals surface area (Å²) in [6, 6.07) is 18.9. The molecule has 2 unspecified atom stereocenters. The number of rotatable bonds is 6. The Morgan fingerprint density at radius 1 is 1.07 bits per heavy atom. The fraction of sp³-hybridized carbons (Fsp3) is 0.261. The van der Waals surface area contributed by atoms with Crippen molar-refractivity contribution >= 4 is 17.8 Å². The largest absolute Gasteiger partial charge is 0.435 e. The third-order valence-corrected chi connectivity index (χ3v) is 4.84. The van der Waals surface area contributed by atoms with E-state index in [2.05, 4.69) is 0 Å². The fourth-order valence-electron chi connectivity index (χ4n) is 3.42. The van der Waals surface area contributed by atoms with Crippen LogP contribution in [0.2, 0.25) is 0 Å². The van der Waals surface area contributed by atoms with Gasteiger partial charge in [-0.2, -0.15) is 0 Å². The Balaban J connectivity index is 2.12. The van der Waals surface area contributed by atoms with Gasteiger partial charge in [-0.15, -0.1) is 0 Å². The molecule has 0 N–H and O–H groups in total. The van der Waals surface area contributed by atoms with Crippen LogP contribution in [0, 0.1) is 5.92 Å². The summed E-state index contributed by atoms with van der Waals surface area (Å²) in [5.74, 6) is -1.15. The molecule has 1 aliphatic heterocycles. The molecule has 2 atom stereocenters. The van der Waals surface area contributed by atoms with Crippen molar-refractivity contribution in [2.45, 2.75) is 32.2 Å². The van der Waals surface area contributed by atoms with Gasteiger partial charge in [-0.05, 0) is 29.7 Å². The third kappa shape index (κ3) is 3.74. The van der Waals surface area contributed by atoms with Gasteiger partial charge in [0.05, 0.1) is 6.26 Å². The predicted molar refractivity (Wildman–Crippen MR) is 107 cm³/mol. The molecule has 3 rings (SSSR count). The predicted octanol–water partition coefficient (Wildman–Crippen LogP) is 4.25. The molecule has 2 aromatic carbocycles. The first-order valence-corrected chi connectivity index (χ1v) is 9.21. The van der Waals surface area contributed by atoms with E-state index in [0.717, 1.165) is 11.1 Å². The first-order valence-electron chi connectivity index (χ1n) is 9.21. The Kier molecular flexibility index (Phi) is 5.73. The van der Waals surface area contributed by atoms with Crippen molar-refractivity contribution in [3.8, 4) is 0 Å². The molecule has 1 heterocycles. The molecular formula is C23H23NO4. The van der Waals surface area contributed by atoms with Crippen molar-refractivity contribution in [2.24, 2.45) is 10.9 Å². The van der Waals surface area contributed by atoms with Crippen LogP contribution >= 0.6 is 0 Å². The number of esters is 2. The smallest absolute Gasteiger partial charge is 0.342 e. The van der Waals surface area contributed by atoms with E-state index in [1.54, 1.807) is 6.08 Å². The minimum atomic E-state index is -1.16. The van der Waals surface area contributed by atoms with Crippen LogP contribution in [0.25, 0.3) is 0 Å². The maximum absolute atomic E-state index is 13.2. The number of carbonyl (C=O) groups excluding carboxylic acids is 2. The molecule has 0 spiro atoms. The minimum absolute atomic E-state index is 0.159. The van der Waals surface area contributed by atoms with E-state index in [1.807, 2.05) is 74.5 Å². The van der Waals surface area contributed by atoms with Crippen LogP contribution in [0.15, 0.2) is 78.0 Å². The second-order valence-corrected chi connectivity index (χ2v) is 6.98. The molecule has 5 nitrogen and oxygen atoms in total. The first-order chi connectivity index (χ1) is 13.4. The lowest BCUT2D eigenvalue weighted by molar-refractivity contribution is -0.141. The average molecular weight is 377 g/mol. The van der Waals surface area contributed by atoms with E-state index in [4.69, 9.17) is 14.5 Å². The monoisotopic (exact) mass is 377 g/mol. The molecular weight excluding hydrogens is 354 g/mol. The van der Waals surface area contributed by atoms with Crippen molar-refractivity contribution in [2.75, 3.05) is 0 Å². The summed E-state index contributed by atoms with van der Waals surface area (Å²) in [6.45, 7) is 5.21. The molecule has 2 aromatic rings. The lowest BCUT2D eigenvalue weighted by atomic mass is 9.72. The van der Waals surface area contributed by atoms with Crippen LogP contribution < -0.4 is 0 Å². The van der Waals surface area contributed by atoms with Gasteiger partial charge in [0.25, 0.3) is 0 Å². The number of hydrogen-bond donors (Lipinski definition) is 0. The Morgan fingerprint density at radius 2 is 1.68 bits per heavy atom. The van der Waals surface area contributed by atoms with Gasteiger partial charge in [0, 0.05) is 18.4 Å². The molecule has 0 amide bonds. The number of nitrogens with zero attached hydrogens (tertiary/aromatic N) is 1. The van der Waals surface area contributed by atoms with Crippen molar-refractivity contribution in [3.05, 3.63) is 84.1 Å². The van der Waals surface area contributed by atoms with E-state index in [9.17, 15) is 9.59 Å². The molecule has 0 radical (unpaired) electrons. The second kappa shape index (κ2) is 8.21. The van der Waals surface area contributed by atoms with Gasteiger partial charge in [0.2, 0.25) is 5.90 Å². The lowest BCUT2D eigenvalue weighted by Gasteiger charge is -2.33. The standard InChI is InChI=1S/C23H23NO4/c1-16(2)23(22(26)28-21(24-23)19-12-8-5-9-13-19)20(14-15-27-17(3)25)18-10-6-4-7-11-18/h4-16,20H,1-3H3. The number of carbonyl (C=O) groups is 2. The summed E-state index contributed by atoms with van der Waals surface area (Å²) >= 11 is 0. The molecule has 0 aromatic heterocycles. The van der Waals surface area contributed by atoms with Crippen LogP contribution in [0.5, 0.6) is 0 Å². The highest BCUT2D eigenvalue weighted by atomic mass is 16.6. The number of cyclic esters (lactones) is 1. The van der Waals surface area contributed by atoms with Gasteiger partial charge in [-0.25, -0.2) is 9.79 Å². The maximum Gasteiger partial charge on any atom is 0.342 e. The highest BCUT2D eigenvalue weighted by Gasteiger charge is 2.54. The van der Waals surface area contributed by atoms with Crippen LogP contribution in [-0.4, -0.2) is 23.4 Å². The lowest BCUT2D eigenvalue weighted by Crippen LogP contribution is -2.44. The van der Waals surface area contributed by atoms with Crippen LogP contribution in [0.4, 0.5) is 0 Å². The number of aliphatic imine (C=N–C) groups is 1. The van der Waals surface area contributed by atoms with E-state index < -0.39 is 23.4 Å². The van der Waals surface area contributed by atoms with Crippen LogP contribution in [0.1, 0.15) is 37.8 Å². The number of hydrogen-bond acceptors (Lipinski definition) is 5. The van der Waals surface area contributed by atoms with E-state index in [0.29, 0.717) is 5.90 Å². The van der Waals surface area contributed by atoms with Gasteiger partial charge in [-0.3, -0.25) is 4.79 Å². The first kappa shape index (κ1) is 19.5. The van der Waals surface area contributed by atoms with Crippen molar-refractivity contribution in [1.29, 1.82) is 0 Å². The van der Waals surface area contributed by atoms with Crippen molar-refractivity contribution < 1.29 is 19.1 Å². The molecule has 0 bridgehead atoms. The summed E-state index contributed by atoms with van der Waals surface area (Å²) in [6.07, 6.45) is 3.03. The van der Waals surface area contributed by atoms with Gasteiger partial charge >= 0.3 is 11.9 Å². The van der Waals surface area contributed by atoms with E-state index in [-0.39, 0.29) is 5.92 Å². The molecule has 5 heteroatoms. The summed E-state index contributed by atoms with van der Waals surface area (Å²) in [5.41, 5.74) is 0.465. The van der Waals surface area contributed by atoms with Crippen molar-refractivity contribution in [3.63, 3.8) is 0 Å². The minimum Gasteiger partial charge on any atom is -0.435 e. The summed E-state index contributed by atoms with van der Waals surface area (Å²) in [7, 11) is 0. The summed E-state index contributed by atoms with van der Waals surface area (Å²) in [5, 5.41) is 0. The topological polar surface area (TPSA) is 65.0 Å². The van der Waals surface area contributed by atoms with Crippen LogP contribution in [-0.2, 0) is 19.1 Å². The Morgan fingerprint density at radius 3 is 2.25 bits per heavy atom. The Bertz CT molecular complexity index is 903. The second-order valence-electron chi connectivity index (χ2n) is 6.98. The molecule has 1 aliphatic rings. The normalized spacial score (nSPS) is 20.1. The quantitative estimate of drug-likeness (QED) is 0.558. The van der Waals surface area contributed by atoms with Crippen LogP contribution in [0.3, 0.4) is 0 Å². The highest BCUT2D eigenvalue weighted by Crippen LogP contribution is 2.43. The van der Waals surface area contributed by atoms with E-state index in [1.165, 1.54) is 13.2 Å². The summed E-state index contributed by atoms with van der Waals surface area (Å²) < 4.78 is 10.6. The van der Waals surface area contributed by atoms with Gasteiger partial charge in [0.15, 0.2) is 5.54 Å². The highest BCUT2D eigenvalue weighted by molar-refractivity contribution is 6.08. The Hall–Kier alpha value is -3.21. The third-order valence-electron chi connectivity index (χ3n) is 4.84. The molecule has 144 valence electrons. The van der Waals surface area contributed by atoms with Gasteiger partial charge in [0.1, 0.15) is 0 Å². The average Bonchev–Trinajstić information content (AvgIpc) is 3.05. The molecule has 0 fully saturated rings. The summed E-state index contributed by atoms with van der Waals surface area (Å²) in [4.78, 5) is 29.2. The molecule has 0 saturated heterocycles. The Labute approximate surface area is 164 Å². The fourth-order valence-corrected chi connectivity index (χ4v) is 3.42. The maximum atomic E-state index is 13.2. The van der Waals surface area contributed by atoms with Gasteiger partial charge in [-0.1, -0.05) is 62.4 Å². The van der Waals surface area contributed by atoms with Crippen molar-refractivity contribution in [1.82, 2.24) is 0 Å². The van der Waals surface area contributed by atoms with E-state index >= 15 is 0 Å². The SMILES string of the molecule is CC(=O)OC=CC(c1ccccc1)C1(C(C)C)N=C(c2ccccc2)OC1=O. The zero-order valence-electron chi connectivity index (χ0n) is 16.2. The zero-order valence-corrected chi connectivity index (χ0v) is 16.2.